The first-order chi connectivity index (χ1) is 4.33. The molecule has 1 fully saturated rings. The highest BCUT2D eigenvalue weighted by atomic mass is 35.5. The van der Waals surface area contributed by atoms with Crippen LogP contribution in [-0.4, -0.2) is 5.38 Å². The maximum absolute atomic E-state index is 8.50. The first-order valence-corrected chi connectivity index (χ1v) is 3.80. The molecule has 1 aliphatic rings. The van der Waals surface area contributed by atoms with Gasteiger partial charge in [0.05, 0.1) is 6.07 Å². The molecule has 0 aliphatic heterocycles. The van der Waals surface area contributed by atoms with Crippen LogP contribution in [0.15, 0.2) is 0 Å². The lowest BCUT2D eigenvalue weighted by atomic mass is 9.90. The largest absolute Gasteiger partial charge is 0.198 e. The molecule has 1 rings (SSSR count). The second-order valence-electron chi connectivity index (χ2n) is 2.59. The van der Waals surface area contributed by atoms with E-state index in [0.717, 1.165) is 25.7 Å². The predicted molar refractivity (Wildman–Crippen MR) is 37.2 cm³/mol. The molecule has 2 atom stereocenters. The lowest BCUT2D eigenvalue weighted by Crippen LogP contribution is -2.13. The Hall–Kier alpha value is -0.220. The lowest BCUT2D eigenvalue weighted by Gasteiger charge is -2.19. The van der Waals surface area contributed by atoms with Gasteiger partial charge in [-0.05, 0) is 19.3 Å². The first-order valence-electron chi connectivity index (χ1n) is 3.36. The maximum Gasteiger partial charge on any atom is 0.0656 e. The molecule has 0 N–H and O–H groups in total. The van der Waals surface area contributed by atoms with Crippen LogP contribution in [0.4, 0.5) is 0 Å². The van der Waals surface area contributed by atoms with Crippen molar-refractivity contribution in [3.05, 3.63) is 0 Å². The summed E-state index contributed by atoms with van der Waals surface area (Å²) in [6.07, 6.45) is 4.18. The van der Waals surface area contributed by atoms with Crippen LogP contribution in [0.2, 0.25) is 0 Å². The smallest absolute Gasteiger partial charge is 0.0656 e. The fourth-order valence-corrected chi connectivity index (χ4v) is 1.62. The molecule has 2 unspecified atom stereocenters. The fraction of sp³-hybridized carbons (Fsp3) is 0.857. The quantitative estimate of drug-likeness (QED) is 0.478. The van der Waals surface area contributed by atoms with Crippen LogP contribution in [0, 0.1) is 17.2 Å². The van der Waals surface area contributed by atoms with Crippen molar-refractivity contribution in [1.29, 1.82) is 5.26 Å². The second kappa shape index (κ2) is 3.08. The van der Waals surface area contributed by atoms with E-state index in [1.165, 1.54) is 0 Å². The summed E-state index contributed by atoms with van der Waals surface area (Å²) in [7, 11) is 0. The van der Waals surface area contributed by atoms with E-state index >= 15 is 0 Å². The van der Waals surface area contributed by atoms with Crippen LogP contribution < -0.4 is 0 Å². The molecule has 0 aromatic rings. The van der Waals surface area contributed by atoms with E-state index < -0.39 is 0 Å². The maximum atomic E-state index is 8.50. The van der Waals surface area contributed by atoms with Gasteiger partial charge >= 0.3 is 0 Å². The molecule has 2 heteroatoms. The van der Waals surface area contributed by atoms with Crippen LogP contribution in [0.25, 0.3) is 0 Å². The third kappa shape index (κ3) is 1.87. The van der Waals surface area contributed by atoms with Crippen molar-refractivity contribution in [2.45, 2.75) is 31.1 Å². The van der Waals surface area contributed by atoms with Gasteiger partial charge in [-0.25, -0.2) is 0 Å². The Labute approximate surface area is 60.6 Å². The summed E-state index contributed by atoms with van der Waals surface area (Å²) in [5.41, 5.74) is 0. The number of hydrogen-bond donors (Lipinski definition) is 0. The number of nitrogens with zero attached hydrogens (tertiary/aromatic N) is 1. The average molecular weight is 144 g/mol. The van der Waals surface area contributed by atoms with Gasteiger partial charge in [0.25, 0.3) is 0 Å². The summed E-state index contributed by atoms with van der Waals surface area (Å²) < 4.78 is 0. The van der Waals surface area contributed by atoms with Gasteiger partial charge < -0.3 is 0 Å². The van der Waals surface area contributed by atoms with Gasteiger partial charge in [0.15, 0.2) is 0 Å². The van der Waals surface area contributed by atoms with E-state index in [1.54, 1.807) is 0 Å². The van der Waals surface area contributed by atoms with Crippen molar-refractivity contribution in [3.63, 3.8) is 0 Å². The highest BCUT2D eigenvalue weighted by molar-refractivity contribution is 6.20. The minimum Gasteiger partial charge on any atom is -0.198 e. The summed E-state index contributed by atoms with van der Waals surface area (Å²) in [6.45, 7) is 0. The van der Waals surface area contributed by atoms with Gasteiger partial charge in [-0.15, -0.1) is 11.6 Å². The molecule has 1 saturated carbocycles. The van der Waals surface area contributed by atoms with Crippen molar-refractivity contribution in [1.82, 2.24) is 0 Å². The van der Waals surface area contributed by atoms with Crippen LogP contribution in [-0.2, 0) is 0 Å². The molecule has 0 spiro atoms. The summed E-state index contributed by atoms with van der Waals surface area (Å²) in [5, 5.41) is 8.77. The highest BCUT2D eigenvalue weighted by Crippen LogP contribution is 2.26. The van der Waals surface area contributed by atoms with Crippen molar-refractivity contribution in [3.8, 4) is 6.07 Å². The summed E-state index contributed by atoms with van der Waals surface area (Å²) in [6, 6.07) is 2.25. The predicted octanol–water partition coefficient (Wildman–Crippen LogP) is 2.31. The Morgan fingerprint density at radius 3 is 2.67 bits per heavy atom. The highest BCUT2D eigenvalue weighted by Gasteiger charge is 2.18. The molecule has 0 radical (unpaired) electrons. The normalized spacial score (nSPS) is 35.6. The summed E-state index contributed by atoms with van der Waals surface area (Å²) >= 11 is 5.84. The molecule has 1 aliphatic carbocycles. The zero-order chi connectivity index (χ0) is 6.69. The van der Waals surface area contributed by atoms with E-state index in [0.29, 0.717) is 0 Å². The van der Waals surface area contributed by atoms with E-state index in [1.807, 2.05) is 0 Å². The van der Waals surface area contributed by atoms with E-state index in [2.05, 4.69) is 6.07 Å². The molecule has 9 heavy (non-hydrogen) atoms. The molecular weight excluding hydrogens is 134 g/mol. The van der Waals surface area contributed by atoms with Gasteiger partial charge in [0.1, 0.15) is 0 Å². The second-order valence-corrected chi connectivity index (χ2v) is 3.21. The van der Waals surface area contributed by atoms with Crippen molar-refractivity contribution in [2.24, 2.45) is 5.92 Å². The molecule has 0 aromatic carbocycles. The number of nitriles is 1. The fourth-order valence-electron chi connectivity index (χ4n) is 1.25. The Morgan fingerprint density at radius 2 is 2.22 bits per heavy atom. The van der Waals surface area contributed by atoms with Crippen LogP contribution >= 0.6 is 11.6 Å². The summed E-state index contributed by atoms with van der Waals surface area (Å²) in [5.74, 6) is 0.237. The minimum atomic E-state index is 0.237. The van der Waals surface area contributed by atoms with Gasteiger partial charge in [-0.2, -0.15) is 5.26 Å². The first kappa shape index (κ1) is 6.89. The van der Waals surface area contributed by atoms with Crippen molar-refractivity contribution < 1.29 is 0 Å². The Morgan fingerprint density at radius 1 is 1.44 bits per heavy atom. The average Bonchev–Trinajstić information content (AvgIpc) is 1.88. The van der Waals surface area contributed by atoms with E-state index in [4.69, 9.17) is 16.9 Å². The molecule has 0 aromatic heterocycles. The van der Waals surface area contributed by atoms with Crippen LogP contribution in [0.1, 0.15) is 25.7 Å². The molecule has 0 saturated heterocycles. The van der Waals surface area contributed by atoms with Crippen LogP contribution in [0.3, 0.4) is 0 Å². The molecule has 1 nitrogen and oxygen atoms in total. The molecule has 50 valence electrons. The number of rotatable bonds is 0. The SMILES string of the molecule is N#CC1CCCC(Cl)C1. The Bertz CT molecular complexity index is 127. The minimum absolute atomic E-state index is 0.237. The third-order valence-electron chi connectivity index (χ3n) is 1.79. The van der Waals surface area contributed by atoms with Gasteiger partial charge in [0.2, 0.25) is 0 Å². The third-order valence-corrected chi connectivity index (χ3v) is 2.19. The number of halogens is 1. The summed E-state index contributed by atoms with van der Waals surface area (Å²) in [4.78, 5) is 0. The van der Waals surface area contributed by atoms with Gasteiger partial charge in [-0.1, -0.05) is 6.42 Å². The number of alkyl halides is 1. The monoisotopic (exact) mass is 143 g/mol. The topological polar surface area (TPSA) is 23.8 Å². The van der Waals surface area contributed by atoms with E-state index in [-0.39, 0.29) is 11.3 Å². The van der Waals surface area contributed by atoms with E-state index in [9.17, 15) is 0 Å². The Kier molecular flexibility index (Phi) is 2.36. The van der Waals surface area contributed by atoms with Gasteiger partial charge in [-0.3, -0.25) is 0 Å². The van der Waals surface area contributed by atoms with Crippen molar-refractivity contribution in [2.75, 3.05) is 0 Å². The Balaban J connectivity index is 2.34. The van der Waals surface area contributed by atoms with Crippen molar-refractivity contribution >= 4 is 11.6 Å². The zero-order valence-corrected chi connectivity index (χ0v) is 6.06. The molecule has 0 bridgehead atoms. The zero-order valence-electron chi connectivity index (χ0n) is 5.31. The standard InChI is InChI=1S/C7H10ClN/c8-7-3-1-2-6(4-7)5-9/h6-7H,1-4H2. The molecular formula is C7H10ClN. The molecule has 0 heterocycles. The number of hydrogen-bond acceptors (Lipinski definition) is 1. The molecule has 0 amide bonds. The lowest BCUT2D eigenvalue weighted by molar-refractivity contribution is 0.433. The van der Waals surface area contributed by atoms with Crippen LogP contribution in [0.5, 0.6) is 0 Å². The van der Waals surface area contributed by atoms with Gasteiger partial charge in [0, 0.05) is 11.3 Å².